The van der Waals surface area contributed by atoms with Crippen LogP contribution in [-0.2, 0) is 10.2 Å². The van der Waals surface area contributed by atoms with Crippen molar-refractivity contribution in [1.29, 1.82) is 0 Å². The van der Waals surface area contributed by atoms with E-state index in [0.717, 1.165) is 45.1 Å². The molecule has 2 fully saturated rings. The Bertz CT molecular complexity index is 596. The summed E-state index contributed by atoms with van der Waals surface area (Å²) in [7, 11) is 0. The Hall–Kier alpha value is -0.860. The third kappa shape index (κ3) is 7.10. The van der Waals surface area contributed by atoms with Gasteiger partial charge in [0.05, 0.1) is 6.54 Å². The van der Waals surface area contributed by atoms with Crippen LogP contribution in [0.2, 0.25) is 0 Å². The maximum atomic E-state index is 5.67. The number of nitrogens with one attached hydrogen (secondary N) is 2. The molecule has 0 saturated carbocycles. The predicted octanol–water partition coefficient (Wildman–Crippen LogP) is 3.78. The Morgan fingerprint density at radius 2 is 1.83 bits per heavy atom. The molecule has 0 aliphatic carbocycles. The van der Waals surface area contributed by atoms with Crippen LogP contribution in [0, 0.1) is 0 Å². The second-order valence-corrected chi connectivity index (χ2v) is 8.21. The zero-order valence-corrected chi connectivity index (χ0v) is 20.5. The van der Waals surface area contributed by atoms with E-state index in [9.17, 15) is 0 Å². The highest BCUT2D eigenvalue weighted by molar-refractivity contribution is 14.0. The zero-order valence-electron chi connectivity index (χ0n) is 18.2. The van der Waals surface area contributed by atoms with Crippen molar-refractivity contribution in [2.75, 3.05) is 45.9 Å². The fraction of sp³-hybridized carbons (Fsp3) is 0.696. The van der Waals surface area contributed by atoms with Crippen LogP contribution in [0.5, 0.6) is 0 Å². The molecule has 0 radical (unpaired) electrons. The van der Waals surface area contributed by atoms with Crippen LogP contribution in [-0.4, -0.2) is 62.8 Å². The molecule has 1 aromatic carbocycles. The molecule has 2 aliphatic rings. The van der Waals surface area contributed by atoms with E-state index in [-0.39, 0.29) is 29.4 Å². The second-order valence-electron chi connectivity index (χ2n) is 8.21. The molecule has 0 unspecified atom stereocenters. The third-order valence-corrected chi connectivity index (χ3v) is 6.19. The van der Waals surface area contributed by atoms with E-state index >= 15 is 0 Å². The van der Waals surface area contributed by atoms with Crippen LogP contribution >= 0.6 is 24.0 Å². The third-order valence-electron chi connectivity index (χ3n) is 6.19. The van der Waals surface area contributed by atoms with Crippen molar-refractivity contribution in [1.82, 2.24) is 15.5 Å². The van der Waals surface area contributed by atoms with Gasteiger partial charge in [-0.3, -0.25) is 4.99 Å². The van der Waals surface area contributed by atoms with Crippen molar-refractivity contribution < 1.29 is 4.74 Å². The number of likely N-dealkylation sites (tertiary alicyclic amines) is 1. The van der Waals surface area contributed by atoms with Crippen LogP contribution in [0.4, 0.5) is 0 Å². The monoisotopic (exact) mass is 514 g/mol. The van der Waals surface area contributed by atoms with Gasteiger partial charge in [-0.15, -0.1) is 24.0 Å². The van der Waals surface area contributed by atoms with Crippen molar-refractivity contribution in [3.63, 3.8) is 0 Å². The number of benzene rings is 1. The minimum Gasteiger partial charge on any atom is -0.381 e. The predicted molar refractivity (Wildman–Crippen MR) is 132 cm³/mol. The van der Waals surface area contributed by atoms with Crippen molar-refractivity contribution in [3.8, 4) is 0 Å². The fourth-order valence-corrected chi connectivity index (χ4v) is 4.45. The number of piperidine rings is 1. The topological polar surface area (TPSA) is 48.9 Å². The van der Waals surface area contributed by atoms with Gasteiger partial charge in [0, 0.05) is 44.3 Å². The molecule has 0 amide bonds. The lowest BCUT2D eigenvalue weighted by atomic mass is 9.74. The van der Waals surface area contributed by atoms with Crippen LogP contribution in [0.3, 0.4) is 0 Å². The van der Waals surface area contributed by atoms with E-state index in [4.69, 9.17) is 9.73 Å². The summed E-state index contributed by atoms with van der Waals surface area (Å²) in [5, 5.41) is 7.18. The van der Waals surface area contributed by atoms with Crippen molar-refractivity contribution in [2.45, 2.75) is 57.4 Å². The van der Waals surface area contributed by atoms with Crippen molar-refractivity contribution in [2.24, 2.45) is 4.99 Å². The second kappa shape index (κ2) is 12.7. The maximum absolute atomic E-state index is 5.67. The molecule has 2 N–H and O–H groups in total. The summed E-state index contributed by atoms with van der Waals surface area (Å²) < 4.78 is 5.67. The van der Waals surface area contributed by atoms with Gasteiger partial charge in [-0.05, 0) is 51.1 Å². The number of rotatable bonds is 7. The van der Waals surface area contributed by atoms with Gasteiger partial charge in [0.25, 0.3) is 0 Å². The summed E-state index contributed by atoms with van der Waals surface area (Å²) in [5.41, 5.74) is 1.48. The van der Waals surface area contributed by atoms with Gasteiger partial charge in [-0.1, -0.05) is 37.3 Å². The normalized spacial score (nSPS) is 20.7. The lowest BCUT2D eigenvalue weighted by molar-refractivity contribution is 0.0531. The summed E-state index contributed by atoms with van der Waals surface area (Å²) in [6.07, 6.45) is 5.71. The standard InChI is InChI=1S/C23H38N4O.HI/c1-3-14-27-15-10-21(11-16-27)26-22(24-4-2)25-19-23(12-17-28-18-13-23)20-8-6-5-7-9-20;/h5-9,21H,3-4,10-19H2,1-2H3,(H2,24,25,26);1H. The molecule has 2 heterocycles. The minimum atomic E-state index is 0. The summed E-state index contributed by atoms with van der Waals surface area (Å²) in [6.45, 7) is 11.4. The first-order chi connectivity index (χ1) is 13.8. The van der Waals surface area contributed by atoms with Gasteiger partial charge in [0.15, 0.2) is 5.96 Å². The number of nitrogens with zero attached hydrogens (tertiary/aromatic N) is 2. The highest BCUT2D eigenvalue weighted by Crippen LogP contribution is 2.35. The van der Waals surface area contributed by atoms with Crippen LogP contribution in [0.1, 0.15) is 51.5 Å². The zero-order chi connectivity index (χ0) is 19.7. The number of ether oxygens (including phenoxy) is 1. The maximum Gasteiger partial charge on any atom is 0.191 e. The SMILES string of the molecule is CCCN1CCC(NC(=NCC2(c3ccccc3)CCOCC2)NCC)CC1.I. The molecular weight excluding hydrogens is 475 g/mol. The number of aliphatic imine (C=N–C) groups is 1. The number of guanidine groups is 1. The quantitative estimate of drug-likeness (QED) is 0.331. The van der Waals surface area contributed by atoms with Gasteiger partial charge in [0.1, 0.15) is 0 Å². The summed E-state index contributed by atoms with van der Waals surface area (Å²) in [6, 6.07) is 11.4. The average Bonchev–Trinajstić information content (AvgIpc) is 2.75. The lowest BCUT2D eigenvalue weighted by Gasteiger charge is -2.37. The average molecular weight is 514 g/mol. The molecule has 2 aliphatic heterocycles. The summed E-state index contributed by atoms with van der Waals surface area (Å²) in [4.78, 5) is 7.64. The minimum absolute atomic E-state index is 0. The van der Waals surface area contributed by atoms with Gasteiger partial charge in [-0.25, -0.2) is 0 Å². The summed E-state index contributed by atoms with van der Waals surface area (Å²) in [5.74, 6) is 0.971. The van der Waals surface area contributed by atoms with Crippen molar-refractivity contribution in [3.05, 3.63) is 35.9 Å². The van der Waals surface area contributed by atoms with Crippen LogP contribution < -0.4 is 10.6 Å². The molecule has 164 valence electrons. The Morgan fingerprint density at radius 1 is 1.14 bits per heavy atom. The van der Waals surface area contributed by atoms with E-state index in [1.54, 1.807) is 0 Å². The molecule has 0 atom stereocenters. The molecule has 0 aromatic heterocycles. The number of halogens is 1. The smallest absolute Gasteiger partial charge is 0.191 e. The van der Waals surface area contributed by atoms with Crippen molar-refractivity contribution >= 4 is 29.9 Å². The van der Waals surface area contributed by atoms with Crippen LogP contribution in [0.25, 0.3) is 0 Å². The van der Waals surface area contributed by atoms with Gasteiger partial charge >= 0.3 is 0 Å². The highest BCUT2D eigenvalue weighted by Gasteiger charge is 2.34. The molecule has 3 rings (SSSR count). The Morgan fingerprint density at radius 3 is 2.45 bits per heavy atom. The Balaban J connectivity index is 0.00000300. The lowest BCUT2D eigenvalue weighted by Crippen LogP contribution is -2.49. The molecule has 0 bridgehead atoms. The van der Waals surface area contributed by atoms with E-state index < -0.39 is 0 Å². The Labute approximate surface area is 194 Å². The largest absolute Gasteiger partial charge is 0.381 e. The van der Waals surface area contributed by atoms with Gasteiger partial charge in [0.2, 0.25) is 0 Å². The molecule has 29 heavy (non-hydrogen) atoms. The fourth-order valence-electron chi connectivity index (χ4n) is 4.45. The van der Waals surface area contributed by atoms with Crippen LogP contribution in [0.15, 0.2) is 35.3 Å². The Kier molecular flexibility index (Phi) is 10.7. The molecule has 5 nitrogen and oxygen atoms in total. The first-order valence-electron chi connectivity index (χ1n) is 11.2. The number of hydrogen-bond donors (Lipinski definition) is 2. The first-order valence-corrected chi connectivity index (χ1v) is 11.2. The molecule has 0 spiro atoms. The summed E-state index contributed by atoms with van der Waals surface area (Å²) >= 11 is 0. The molecule has 6 heteroatoms. The van der Waals surface area contributed by atoms with E-state index in [2.05, 4.69) is 59.7 Å². The molecular formula is C23H39IN4O. The van der Waals surface area contributed by atoms with E-state index in [0.29, 0.717) is 6.04 Å². The van der Waals surface area contributed by atoms with Gasteiger partial charge < -0.3 is 20.3 Å². The molecule has 1 aromatic rings. The van der Waals surface area contributed by atoms with E-state index in [1.165, 1.54) is 44.5 Å². The van der Waals surface area contributed by atoms with E-state index in [1.807, 2.05) is 0 Å². The molecule has 2 saturated heterocycles. The number of hydrogen-bond acceptors (Lipinski definition) is 3. The first kappa shape index (κ1) is 24.4. The highest BCUT2D eigenvalue weighted by atomic mass is 127. The van der Waals surface area contributed by atoms with Gasteiger partial charge in [-0.2, -0.15) is 0 Å².